The molecule has 13 heavy (non-hydrogen) atoms. The molecular formula is C10H10ClFO. The van der Waals surface area contributed by atoms with E-state index in [2.05, 4.69) is 6.58 Å². The molecule has 0 atom stereocenters. The van der Waals surface area contributed by atoms with Crippen molar-refractivity contribution in [2.75, 3.05) is 13.0 Å². The number of halogens is 2. The lowest BCUT2D eigenvalue weighted by Gasteiger charge is -2.08. The van der Waals surface area contributed by atoms with Crippen molar-refractivity contribution in [2.24, 2.45) is 0 Å². The van der Waals surface area contributed by atoms with Crippen molar-refractivity contribution >= 4 is 17.2 Å². The normalized spacial score (nSPS) is 9.77. The predicted octanol–water partition coefficient (Wildman–Crippen LogP) is 3.09. The van der Waals surface area contributed by atoms with E-state index in [-0.39, 0.29) is 11.7 Å². The molecule has 0 spiro atoms. The molecular weight excluding hydrogens is 191 g/mol. The Balaban J connectivity index is 3.15. The standard InChI is InChI=1S/C10H10ClFO/c1-7(6-11)9-5-8(12)3-4-10(9)13-2/h3-5H,1,6H2,2H3. The van der Waals surface area contributed by atoms with Crippen LogP contribution in [0.1, 0.15) is 5.56 Å². The molecule has 0 bridgehead atoms. The third-order valence-electron chi connectivity index (χ3n) is 1.70. The first-order chi connectivity index (χ1) is 6.19. The van der Waals surface area contributed by atoms with Gasteiger partial charge >= 0.3 is 0 Å². The largest absolute Gasteiger partial charge is 0.496 e. The molecule has 0 aliphatic heterocycles. The van der Waals surface area contributed by atoms with E-state index >= 15 is 0 Å². The van der Waals surface area contributed by atoms with Gasteiger partial charge in [-0.1, -0.05) is 6.58 Å². The number of hydrogen-bond donors (Lipinski definition) is 0. The van der Waals surface area contributed by atoms with Crippen LogP contribution in [0.3, 0.4) is 0 Å². The average molecular weight is 201 g/mol. The fourth-order valence-electron chi connectivity index (χ4n) is 1.03. The van der Waals surface area contributed by atoms with Gasteiger partial charge in [0.1, 0.15) is 11.6 Å². The van der Waals surface area contributed by atoms with Crippen LogP contribution in [0.5, 0.6) is 5.75 Å². The number of allylic oxidation sites excluding steroid dienone is 1. The number of hydrogen-bond acceptors (Lipinski definition) is 1. The quantitative estimate of drug-likeness (QED) is 0.682. The van der Waals surface area contributed by atoms with Crippen LogP contribution in [-0.2, 0) is 0 Å². The second-order valence-electron chi connectivity index (χ2n) is 2.58. The summed E-state index contributed by atoms with van der Waals surface area (Å²) in [6, 6.07) is 4.26. The Kier molecular flexibility index (Phi) is 3.32. The van der Waals surface area contributed by atoms with Gasteiger partial charge in [-0.25, -0.2) is 4.39 Å². The molecule has 1 aromatic carbocycles. The summed E-state index contributed by atoms with van der Waals surface area (Å²) >= 11 is 5.59. The fraction of sp³-hybridized carbons (Fsp3) is 0.200. The Bertz CT molecular complexity index is 323. The van der Waals surface area contributed by atoms with Crippen molar-refractivity contribution in [1.29, 1.82) is 0 Å². The van der Waals surface area contributed by atoms with Gasteiger partial charge in [-0.05, 0) is 23.8 Å². The Morgan fingerprint density at radius 1 is 1.62 bits per heavy atom. The zero-order valence-electron chi connectivity index (χ0n) is 7.31. The van der Waals surface area contributed by atoms with Crippen molar-refractivity contribution in [1.82, 2.24) is 0 Å². The summed E-state index contributed by atoms with van der Waals surface area (Å²) < 4.78 is 17.9. The van der Waals surface area contributed by atoms with Gasteiger partial charge in [0.05, 0.1) is 7.11 Å². The highest BCUT2D eigenvalue weighted by molar-refractivity contribution is 6.23. The van der Waals surface area contributed by atoms with Crippen molar-refractivity contribution in [3.8, 4) is 5.75 Å². The van der Waals surface area contributed by atoms with E-state index in [0.717, 1.165) is 0 Å². The predicted molar refractivity (Wildman–Crippen MR) is 52.7 cm³/mol. The summed E-state index contributed by atoms with van der Waals surface area (Å²) in [4.78, 5) is 0. The van der Waals surface area contributed by atoms with Crippen LogP contribution in [0, 0.1) is 5.82 Å². The molecule has 1 rings (SSSR count). The van der Waals surface area contributed by atoms with E-state index in [0.29, 0.717) is 16.9 Å². The molecule has 0 fully saturated rings. The number of ether oxygens (including phenoxy) is 1. The van der Waals surface area contributed by atoms with E-state index in [1.165, 1.54) is 19.2 Å². The maximum Gasteiger partial charge on any atom is 0.126 e. The number of methoxy groups -OCH3 is 1. The zero-order valence-corrected chi connectivity index (χ0v) is 8.07. The average Bonchev–Trinajstić information content (AvgIpc) is 2.16. The molecule has 1 nitrogen and oxygen atoms in total. The highest BCUT2D eigenvalue weighted by Crippen LogP contribution is 2.26. The summed E-state index contributed by atoms with van der Waals surface area (Å²) in [7, 11) is 1.53. The van der Waals surface area contributed by atoms with Crippen LogP contribution >= 0.6 is 11.6 Å². The topological polar surface area (TPSA) is 9.23 Å². The number of benzene rings is 1. The van der Waals surface area contributed by atoms with Gasteiger partial charge < -0.3 is 4.74 Å². The molecule has 0 amide bonds. The first kappa shape index (κ1) is 10.1. The van der Waals surface area contributed by atoms with Crippen LogP contribution in [0.4, 0.5) is 4.39 Å². The smallest absolute Gasteiger partial charge is 0.126 e. The summed E-state index contributed by atoms with van der Waals surface area (Å²) in [6.45, 7) is 3.71. The minimum Gasteiger partial charge on any atom is -0.496 e. The van der Waals surface area contributed by atoms with Crippen molar-refractivity contribution in [3.63, 3.8) is 0 Å². The summed E-state index contributed by atoms with van der Waals surface area (Å²) in [6.07, 6.45) is 0. The second kappa shape index (κ2) is 4.28. The maximum atomic E-state index is 12.8. The van der Waals surface area contributed by atoms with Gasteiger partial charge in [0.2, 0.25) is 0 Å². The Labute approximate surface area is 81.8 Å². The first-order valence-corrected chi connectivity index (χ1v) is 4.30. The Morgan fingerprint density at radius 2 is 2.31 bits per heavy atom. The van der Waals surface area contributed by atoms with Gasteiger partial charge in [-0.15, -0.1) is 11.6 Å². The molecule has 3 heteroatoms. The van der Waals surface area contributed by atoms with Crippen LogP contribution in [-0.4, -0.2) is 13.0 Å². The molecule has 0 aromatic heterocycles. The van der Waals surface area contributed by atoms with Crippen molar-refractivity contribution in [2.45, 2.75) is 0 Å². The molecule has 70 valence electrons. The molecule has 0 heterocycles. The van der Waals surface area contributed by atoms with Crippen LogP contribution in [0.15, 0.2) is 24.8 Å². The number of rotatable bonds is 3. The Morgan fingerprint density at radius 3 is 2.85 bits per heavy atom. The van der Waals surface area contributed by atoms with E-state index < -0.39 is 0 Å². The van der Waals surface area contributed by atoms with Gasteiger partial charge in [-0.3, -0.25) is 0 Å². The van der Waals surface area contributed by atoms with Crippen LogP contribution in [0.25, 0.3) is 5.57 Å². The van der Waals surface area contributed by atoms with Crippen LogP contribution in [0.2, 0.25) is 0 Å². The molecule has 0 aliphatic carbocycles. The fourth-order valence-corrected chi connectivity index (χ4v) is 1.17. The summed E-state index contributed by atoms with van der Waals surface area (Å²) in [5.41, 5.74) is 1.27. The first-order valence-electron chi connectivity index (χ1n) is 3.76. The molecule has 0 saturated heterocycles. The van der Waals surface area contributed by atoms with Gasteiger partial charge in [-0.2, -0.15) is 0 Å². The summed E-state index contributed by atoms with van der Waals surface area (Å²) in [5.74, 6) is 0.536. The molecule has 0 aliphatic rings. The SMILES string of the molecule is C=C(CCl)c1cc(F)ccc1OC. The number of alkyl halides is 1. The Hall–Kier alpha value is -1.02. The third-order valence-corrected chi connectivity index (χ3v) is 2.03. The van der Waals surface area contributed by atoms with Crippen molar-refractivity contribution in [3.05, 3.63) is 36.2 Å². The third kappa shape index (κ3) is 2.22. The highest BCUT2D eigenvalue weighted by Gasteiger charge is 2.06. The van der Waals surface area contributed by atoms with E-state index in [4.69, 9.17) is 16.3 Å². The second-order valence-corrected chi connectivity index (χ2v) is 2.85. The van der Waals surface area contributed by atoms with E-state index in [1.807, 2.05) is 0 Å². The maximum absolute atomic E-state index is 12.8. The molecule has 1 aromatic rings. The van der Waals surface area contributed by atoms with Crippen LogP contribution < -0.4 is 4.74 Å². The molecule has 0 radical (unpaired) electrons. The summed E-state index contributed by atoms with van der Waals surface area (Å²) in [5, 5.41) is 0. The van der Waals surface area contributed by atoms with Gasteiger partial charge in [0.25, 0.3) is 0 Å². The molecule has 0 saturated carbocycles. The lowest BCUT2D eigenvalue weighted by atomic mass is 10.1. The molecule has 0 unspecified atom stereocenters. The lowest BCUT2D eigenvalue weighted by molar-refractivity contribution is 0.412. The van der Waals surface area contributed by atoms with E-state index in [9.17, 15) is 4.39 Å². The minimum absolute atomic E-state index is 0.264. The lowest BCUT2D eigenvalue weighted by Crippen LogP contribution is -1.92. The monoisotopic (exact) mass is 200 g/mol. The minimum atomic E-state index is -0.318. The van der Waals surface area contributed by atoms with Crippen molar-refractivity contribution < 1.29 is 9.13 Å². The zero-order chi connectivity index (χ0) is 9.84. The van der Waals surface area contributed by atoms with E-state index in [1.54, 1.807) is 6.07 Å². The highest BCUT2D eigenvalue weighted by atomic mass is 35.5. The van der Waals surface area contributed by atoms with Gasteiger partial charge in [0, 0.05) is 11.4 Å². The molecule has 0 N–H and O–H groups in total. The van der Waals surface area contributed by atoms with Gasteiger partial charge in [0.15, 0.2) is 0 Å².